The molecule has 1 saturated carbocycles. The van der Waals surface area contributed by atoms with Crippen LogP contribution < -0.4 is 26.0 Å². The molecule has 1 aromatic heterocycles. The first-order valence-corrected chi connectivity index (χ1v) is 24.2. The van der Waals surface area contributed by atoms with Crippen molar-refractivity contribution < 1.29 is 34.1 Å². The Hall–Kier alpha value is -5.08. The summed E-state index contributed by atoms with van der Waals surface area (Å²) in [6.45, 7) is 18.6. The van der Waals surface area contributed by atoms with Gasteiger partial charge in [-0.05, 0) is 73.1 Å². The molecule has 2 fully saturated rings. The number of rotatable bonds is 19. The minimum atomic E-state index is -0.956. The molecular formula is C51H66ClN7O7S. The third kappa shape index (κ3) is 12.2. The summed E-state index contributed by atoms with van der Waals surface area (Å²) in [7, 11) is 0. The van der Waals surface area contributed by atoms with E-state index in [1.807, 2.05) is 88.7 Å². The average molecular weight is 957 g/mol. The zero-order valence-corrected chi connectivity index (χ0v) is 41.6. The van der Waals surface area contributed by atoms with Crippen LogP contribution in [0.15, 0.2) is 72.2 Å². The van der Waals surface area contributed by atoms with E-state index >= 15 is 0 Å². The van der Waals surface area contributed by atoms with E-state index in [9.17, 15) is 29.9 Å². The van der Waals surface area contributed by atoms with Gasteiger partial charge in [-0.2, -0.15) is 5.26 Å². The maximum Gasteiger partial charge on any atom is 0.246 e. The van der Waals surface area contributed by atoms with Gasteiger partial charge in [0.25, 0.3) is 0 Å². The minimum absolute atomic E-state index is 0.0149. The number of β-amino-alcohol motifs (C(OH)–C–C–N with tert-alkyl or cyclic N) is 1. The zero-order valence-electron chi connectivity index (χ0n) is 40.0. The van der Waals surface area contributed by atoms with Gasteiger partial charge in [0.2, 0.25) is 17.7 Å². The van der Waals surface area contributed by atoms with Gasteiger partial charge in [-0.25, -0.2) is 4.98 Å². The number of unbranched alkanes of at least 4 members (excludes halogenated alkanes) is 1. The van der Waals surface area contributed by atoms with Gasteiger partial charge in [0.05, 0.1) is 38.8 Å². The molecule has 0 spiro atoms. The standard InChI is InChI=1S/C51H66ClN7O7S/c1-30(32-12-14-33(15-13-32)42-31(2)55-29-67-42)56-45(63)40-24-37(60)27-59(40)46(64)43(49(3,4)5)57-41(61)28-65-23-11-10-22-54-36-19-16-34(17-20-36)44(62)58-47-50(6,7)48(51(47,8)9)66-38-21-18-35(26-53)39(52)25-38/h12-21,25,29-30,37,40,43-44,47-48,54,58,60,62H,10-11,22-24,27-28H2,1-9H3,(H,56,63)(H,57,61)/t30-,37+,40-,43+,44?,47-,48-/m0/s1. The van der Waals surface area contributed by atoms with Crippen LogP contribution in [0.1, 0.15) is 109 Å². The molecule has 2 aliphatic rings. The molecule has 0 bridgehead atoms. The van der Waals surface area contributed by atoms with E-state index in [4.69, 9.17) is 21.1 Å². The first kappa shape index (κ1) is 51.3. The van der Waals surface area contributed by atoms with E-state index in [-0.39, 0.29) is 54.5 Å². The number of aliphatic hydroxyl groups excluding tert-OH is 2. The molecule has 16 heteroatoms. The first-order chi connectivity index (χ1) is 31.6. The van der Waals surface area contributed by atoms with Crippen molar-refractivity contribution in [3.63, 3.8) is 0 Å². The van der Waals surface area contributed by atoms with Gasteiger partial charge in [0.1, 0.15) is 42.8 Å². The second kappa shape index (κ2) is 21.5. The largest absolute Gasteiger partial charge is 0.489 e. The van der Waals surface area contributed by atoms with E-state index < -0.39 is 41.6 Å². The Kier molecular flexibility index (Phi) is 16.4. The topological polar surface area (TPSA) is 198 Å². The van der Waals surface area contributed by atoms with Crippen LogP contribution >= 0.6 is 22.9 Å². The fourth-order valence-corrected chi connectivity index (χ4v) is 10.7. The molecule has 14 nitrogen and oxygen atoms in total. The van der Waals surface area contributed by atoms with E-state index in [1.54, 1.807) is 29.5 Å². The summed E-state index contributed by atoms with van der Waals surface area (Å²) in [5, 5.41) is 44.1. The molecular weight excluding hydrogens is 890 g/mol. The van der Waals surface area contributed by atoms with Gasteiger partial charge in [0.15, 0.2) is 0 Å². The second-order valence-corrected chi connectivity index (χ2v) is 21.3. The Labute approximate surface area is 403 Å². The summed E-state index contributed by atoms with van der Waals surface area (Å²) in [4.78, 5) is 47.6. The van der Waals surface area contributed by atoms with E-state index in [0.29, 0.717) is 35.9 Å². The first-order valence-electron chi connectivity index (χ1n) is 22.9. The summed E-state index contributed by atoms with van der Waals surface area (Å²) >= 11 is 7.82. The number of anilines is 1. The van der Waals surface area contributed by atoms with Crippen LogP contribution in [0.2, 0.25) is 5.02 Å². The third-order valence-corrected chi connectivity index (χ3v) is 14.3. The highest BCUT2D eigenvalue weighted by Crippen LogP contribution is 2.56. The number of nitrogens with one attached hydrogen (secondary N) is 4. The number of carbonyl (C=O) groups is 3. The Morgan fingerprint density at radius 1 is 1.00 bits per heavy atom. The van der Waals surface area contributed by atoms with Crippen molar-refractivity contribution in [3.05, 3.63) is 99.6 Å². The lowest BCUT2D eigenvalue weighted by Gasteiger charge is -2.63. The predicted molar refractivity (Wildman–Crippen MR) is 261 cm³/mol. The number of carbonyl (C=O) groups excluding carboxylic acids is 3. The molecule has 0 radical (unpaired) electrons. The smallest absolute Gasteiger partial charge is 0.246 e. The van der Waals surface area contributed by atoms with Crippen LogP contribution in [0.5, 0.6) is 5.75 Å². The molecule has 2 heterocycles. The van der Waals surface area contributed by atoms with Crippen molar-refractivity contribution in [1.82, 2.24) is 25.8 Å². The second-order valence-electron chi connectivity index (χ2n) is 20.1. The van der Waals surface area contributed by atoms with Crippen molar-refractivity contribution in [1.29, 1.82) is 5.26 Å². The van der Waals surface area contributed by atoms with Crippen molar-refractivity contribution in [2.75, 3.05) is 31.6 Å². The molecule has 1 aliphatic heterocycles. The quantitative estimate of drug-likeness (QED) is 0.0398. The lowest BCUT2D eigenvalue weighted by molar-refractivity contribution is -0.179. The normalized spacial score (nSPS) is 21.0. The molecule has 3 amide bonds. The SMILES string of the molecule is Cc1ncsc1-c1ccc([C@H](C)NC(=O)[C@@H]2C[C@@H](O)CN2C(=O)[C@@H](NC(=O)COCCCCNc2ccc(C(O)N[C@H]3C(C)(C)[C@H](Oc4ccc(C#N)c(Cl)c4)C3(C)C)cc2)C(C)(C)C)cc1. The summed E-state index contributed by atoms with van der Waals surface area (Å²) < 4.78 is 12.1. The number of aliphatic hydroxyl groups is 2. The Bertz CT molecular complexity index is 2380. The number of amides is 3. The number of benzene rings is 3. The maximum absolute atomic E-state index is 14.1. The van der Waals surface area contributed by atoms with Crippen molar-refractivity contribution in [3.8, 4) is 22.3 Å². The average Bonchev–Trinajstić information content (AvgIpc) is 3.90. The molecule has 4 aromatic rings. The molecule has 1 aliphatic carbocycles. The van der Waals surface area contributed by atoms with Gasteiger partial charge in [-0.1, -0.05) is 96.5 Å². The highest BCUT2D eigenvalue weighted by atomic mass is 35.5. The van der Waals surface area contributed by atoms with Gasteiger partial charge in [-0.3, -0.25) is 19.7 Å². The van der Waals surface area contributed by atoms with Gasteiger partial charge in [0, 0.05) is 54.7 Å². The lowest BCUT2D eigenvalue weighted by atomic mass is 9.49. The number of hydrogen-bond acceptors (Lipinski definition) is 12. The number of nitrogens with zero attached hydrogens (tertiary/aromatic N) is 3. The number of ether oxygens (including phenoxy) is 2. The fraction of sp³-hybridized carbons (Fsp3) is 0.510. The van der Waals surface area contributed by atoms with Crippen LogP contribution in [0.25, 0.3) is 10.4 Å². The number of aromatic nitrogens is 1. The predicted octanol–water partition coefficient (Wildman–Crippen LogP) is 7.69. The molecule has 1 unspecified atom stereocenters. The number of aryl methyl sites for hydroxylation is 1. The molecule has 360 valence electrons. The number of likely N-dealkylation sites (tertiary alicyclic amines) is 1. The van der Waals surface area contributed by atoms with Crippen LogP contribution in [0, 0.1) is 34.5 Å². The number of thiazole rings is 1. The van der Waals surface area contributed by atoms with Crippen molar-refractivity contribution >= 4 is 46.3 Å². The zero-order chi connectivity index (χ0) is 48.8. The summed E-state index contributed by atoms with van der Waals surface area (Å²) in [5.74, 6) is -0.648. The minimum Gasteiger partial charge on any atom is -0.489 e. The molecule has 6 rings (SSSR count). The summed E-state index contributed by atoms with van der Waals surface area (Å²) in [6.07, 6.45) is -0.379. The number of nitriles is 1. The van der Waals surface area contributed by atoms with Crippen LogP contribution in [0.4, 0.5) is 5.69 Å². The molecule has 3 aromatic carbocycles. The highest BCUT2D eigenvalue weighted by Gasteiger charge is 2.64. The van der Waals surface area contributed by atoms with Crippen molar-refractivity contribution in [2.45, 2.75) is 124 Å². The molecule has 5 atom stereocenters. The maximum atomic E-state index is 14.1. The monoisotopic (exact) mass is 955 g/mol. The fourth-order valence-electron chi connectivity index (χ4n) is 9.64. The molecule has 6 N–H and O–H groups in total. The number of hydrogen-bond donors (Lipinski definition) is 6. The third-order valence-electron chi connectivity index (χ3n) is 13.0. The Morgan fingerprint density at radius 2 is 1.67 bits per heavy atom. The van der Waals surface area contributed by atoms with Crippen LogP contribution in [-0.4, -0.2) is 94.5 Å². The van der Waals surface area contributed by atoms with E-state index in [1.165, 1.54) is 4.90 Å². The molecule has 1 saturated heterocycles. The van der Waals surface area contributed by atoms with E-state index in [2.05, 4.69) is 60.0 Å². The summed E-state index contributed by atoms with van der Waals surface area (Å²) in [6, 6.07) is 20.4. The van der Waals surface area contributed by atoms with Gasteiger partial charge in [-0.15, -0.1) is 11.3 Å². The van der Waals surface area contributed by atoms with Crippen molar-refractivity contribution in [2.24, 2.45) is 16.2 Å². The van der Waals surface area contributed by atoms with Gasteiger partial charge >= 0.3 is 0 Å². The Morgan fingerprint density at radius 3 is 2.28 bits per heavy atom. The van der Waals surface area contributed by atoms with E-state index in [0.717, 1.165) is 39.4 Å². The highest BCUT2D eigenvalue weighted by molar-refractivity contribution is 7.13. The lowest BCUT2D eigenvalue weighted by Crippen LogP contribution is -2.74. The summed E-state index contributed by atoms with van der Waals surface area (Å²) in [5.41, 5.74) is 5.41. The molecule has 67 heavy (non-hydrogen) atoms. The number of halogens is 1. The Balaban J connectivity index is 0.905. The van der Waals surface area contributed by atoms with Crippen LogP contribution in [0.3, 0.4) is 0 Å². The van der Waals surface area contributed by atoms with Crippen LogP contribution in [-0.2, 0) is 19.1 Å². The van der Waals surface area contributed by atoms with Gasteiger partial charge < -0.3 is 40.5 Å².